The van der Waals surface area contributed by atoms with Gasteiger partial charge in [-0.15, -0.1) is 0 Å². The van der Waals surface area contributed by atoms with Crippen molar-refractivity contribution in [2.75, 3.05) is 14.2 Å². The highest BCUT2D eigenvalue weighted by atomic mass is 19.1. The molecule has 0 saturated heterocycles. The number of hydrogen-bond donors (Lipinski definition) is 1. The van der Waals surface area contributed by atoms with E-state index in [1.54, 1.807) is 22.9 Å². The van der Waals surface area contributed by atoms with Crippen LogP contribution in [0.15, 0.2) is 65.7 Å². The van der Waals surface area contributed by atoms with Gasteiger partial charge >= 0.3 is 0 Å². The van der Waals surface area contributed by atoms with E-state index in [4.69, 9.17) is 19.9 Å². The first-order chi connectivity index (χ1) is 20.3. The Morgan fingerprint density at radius 1 is 0.976 bits per heavy atom. The SMILES string of the molecule is COc1cc2ncnc(Oc3ccc(C4CCCn5c4c(C(N)=O)c(=O)n5-c4ccc(F)cc4)cc3F)c2cc1OC. The molecule has 0 radical (unpaired) electrons. The number of carbonyl (C=O) groups excluding carboxylic acids is 1. The first-order valence-electron chi connectivity index (χ1n) is 13.1. The molecule has 3 aromatic carbocycles. The minimum absolute atomic E-state index is 0.0826. The molecule has 0 aliphatic carbocycles. The minimum atomic E-state index is -0.889. The maximum Gasteiger partial charge on any atom is 0.284 e. The standard InChI is InChI=1S/C30H25F2N5O5/c1-40-24-13-20-22(14-25(24)41-2)34-15-35-29(20)42-23-10-5-16(12-21(23)32)19-4-3-11-36-27(19)26(28(33)38)30(39)37(36)18-8-6-17(31)7-9-18/h5-10,12-15,19H,3-4,11H2,1-2H3,(H2,33,38). The highest BCUT2D eigenvalue weighted by Gasteiger charge is 2.33. The first-order valence-corrected chi connectivity index (χ1v) is 13.1. The molecule has 0 fully saturated rings. The number of halogens is 2. The van der Waals surface area contributed by atoms with Gasteiger partial charge in [0.25, 0.3) is 11.5 Å². The van der Waals surface area contributed by atoms with Crippen LogP contribution >= 0.6 is 0 Å². The lowest BCUT2D eigenvalue weighted by Gasteiger charge is -2.27. The Balaban J connectivity index is 1.39. The van der Waals surface area contributed by atoms with Gasteiger partial charge in [0.2, 0.25) is 5.88 Å². The van der Waals surface area contributed by atoms with Crippen LogP contribution in [0.4, 0.5) is 8.78 Å². The lowest BCUT2D eigenvalue weighted by Crippen LogP contribution is -2.26. The summed E-state index contributed by atoms with van der Waals surface area (Å²) in [6.45, 7) is 0.421. The van der Waals surface area contributed by atoms with E-state index in [-0.39, 0.29) is 17.2 Å². The van der Waals surface area contributed by atoms with Crippen molar-refractivity contribution in [3.63, 3.8) is 0 Å². The third-order valence-electron chi connectivity index (χ3n) is 7.36. The summed E-state index contributed by atoms with van der Waals surface area (Å²) >= 11 is 0. The topological polar surface area (TPSA) is 123 Å². The quantitative estimate of drug-likeness (QED) is 0.300. The summed E-state index contributed by atoms with van der Waals surface area (Å²) < 4.78 is 48.7. The van der Waals surface area contributed by atoms with Gasteiger partial charge in [-0.3, -0.25) is 14.3 Å². The van der Waals surface area contributed by atoms with Crippen LogP contribution in [0.5, 0.6) is 23.1 Å². The van der Waals surface area contributed by atoms with Crippen molar-refractivity contribution in [1.82, 2.24) is 19.3 Å². The Labute approximate surface area is 237 Å². The highest BCUT2D eigenvalue weighted by Crippen LogP contribution is 2.39. The number of nitrogens with zero attached hydrogens (tertiary/aromatic N) is 4. The van der Waals surface area contributed by atoms with Crippen LogP contribution in [0.3, 0.4) is 0 Å². The molecule has 1 aliphatic rings. The van der Waals surface area contributed by atoms with E-state index in [9.17, 15) is 14.0 Å². The second-order valence-corrected chi connectivity index (χ2v) is 9.73. The number of fused-ring (bicyclic) bond motifs is 2. The van der Waals surface area contributed by atoms with Gasteiger partial charge in [0, 0.05) is 18.5 Å². The molecule has 42 heavy (non-hydrogen) atoms. The highest BCUT2D eigenvalue weighted by molar-refractivity contribution is 5.94. The monoisotopic (exact) mass is 573 g/mol. The number of methoxy groups -OCH3 is 2. The van der Waals surface area contributed by atoms with Gasteiger partial charge in [-0.1, -0.05) is 6.07 Å². The van der Waals surface area contributed by atoms with E-state index in [2.05, 4.69) is 9.97 Å². The van der Waals surface area contributed by atoms with E-state index in [0.717, 1.165) is 0 Å². The van der Waals surface area contributed by atoms with Crippen molar-refractivity contribution in [3.05, 3.63) is 99.7 Å². The van der Waals surface area contributed by atoms with Crippen LogP contribution in [0.1, 0.15) is 40.4 Å². The third kappa shape index (κ3) is 4.50. The molecule has 12 heteroatoms. The van der Waals surface area contributed by atoms with Gasteiger partial charge in [-0.05, 0) is 60.9 Å². The van der Waals surface area contributed by atoms with Crippen molar-refractivity contribution in [3.8, 4) is 28.8 Å². The third-order valence-corrected chi connectivity index (χ3v) is 7.36. The maximum atomic E-state index is 15.6. The van der Waals surface area contributed by atoms with Crippen LogP contribution in [0.25, 0.3) is 16.6 Å². The molecule has 1 aliphatic heterocycles. The fourth-order valence-corrected chi connectivity index (χ4v) is 5.47. The number of ether oxygens (including phenoxy) is 3. The summed E-state index contributed by atoms with van der Waals surface area (Å²) in [7, 11) is 3.00. The molecule has 1 unspecified atom stereocenters. The second kappa shape index (κ2) is 10.6. The van der Waals surface area contributed by atoms with E-state index in [1.165, 1.54) is 61.6 Å². The normalized spacial score (nSPS) is 14.4. The predicted octanol–water partition coefficient (Wildman–Crippen LogP) is 4.69. The Morgan fingerprint density at radius 2 is 1.71 bits per heavy atom. The minimum Gasteiger partial charge on any atom is -0.493 e. The van der Waals surface area contributed by atoms with Crippen LogP contribution < -0.4 is 25.5 Å². The fraction of sp³-hybridized carbons (Fsp3) is 0.200. The number of hydrogen-bond acceptors (Lipinski definition) is 7. The molecule has 1 amide bonds. The van der Waals surface area contributed by atoms with Crippen molar-refractivity contribution in [1.29, 1.82) is 0 Å². The average molecular weight is 574 g/mol. The Morgan fingerprint density at radius 3 is 2.40 bits per heavy atom. The molecule has 214 valence electrons. The second-order valence-electron chi connectivity index (χ2n) is 9.73. The molecule has 5 aromatic rings. The lowest BCUT2D eigenvalue weighted by atomic mass is 9.86. The molecule has 6 rings (SSSR count). The Hall–Kier alpha value is -5.26. The van der Waals surface area contributed by atoms with Gasteiger partial charge in [-0.2, -0.15) is 0 Å². The van der Waals surface area contributed by atoms with Gasteiger partial charge in [0.1, 0.15) is 17.7 Å². The van der Waals surface area contributed by atoms with E-state index < -0.39 is 29.0 Å². The number of carbonyl (C=O) groups is 1. The number of aromatic nitrogens is 4. The molecule has 2 aromatic heterocycles. The Kier molecular flexibility index (Phi) is 6.81. The van der Waals surface area contributed by atoms with Crippen molar-refractivity contribution in [2.45, 2.75) is 25.3 Å². The zero-order valence-electron chi connectivity index (χ0n) is 22.6. The van der Waals surface area contributed by atoms with E-state index in [1.807, 2.05) is 0 Å². The summed E-state index contributed by atoms with van der Waals surface area (Å²) in [6.07, 6.45) is 2.49. The van der Waals surface area contributed by atoms with Gasteiger partial charge in [-0.25, -0.2) is 23.4 Å². The van der Waals surface area contributed by atoms with Gasteiger partial charge in [0.05, 0.1) is 36.5 Å². The summed E-state index contributed by atoms with van der Waals surface area (Å²) in [4.78, 5) is 34.3. The van der Waals surface area contributed by atoms with E-state index >= 15 is 4.39 Å². The predicted molar refractivity (Wildman–Crippen MR) is 149 cm³/mol. The summed E-state index contributed by atoms with van der Waals surface area (Å²) in [5, 5.41) is 0.489. The van der Waals surface area contributed by atoms with Gasteiger partial charge < -0.3 is 19.9 Å². The first kappa shape index (κ1) is 26.9. The fourth-order valence-electron chi connectivity index (χ4n) is 5.47. The molecule has 0 saturated carbocycles. The maximum absolute atomic E-state index is 15.6. The van der Waals surface area contributed by atoms with Crippen LogP contribution in [0, 0.1) is 11.6 Å². The van der Waals surface area contributed by atoms with Crippen molar-refractivity contribution >= 4 is 16.8 Å². The number of rotatable bonds is 7. The molecule has 0 spiro atoms. The number of benzene rings is 3. The van der Waals surface area contributed by atoms with Gasteiger partial charge in [0.15, 0.2) is 23.1 Å². The molecule has 1 atom stereocenters. The lowest BCUT2D eigenvalue weighted by molar-refractivity contribution is 0.0997. The molecule has 2 N–H and O–H groups in total. The Bertz CT molecular complexity index is 1900. The summed E-state index contributed by atoms with van der Waals surface area (Å²) in [6, 6.07) is 13.1. The largest absolute Gasteiger partial charge is 0.493 e. The zero-order chi connectivity index (χ0) is 29.5. The number of amides is 1. The summed E-state index contributed by atoms with van der Waals surface area (Å²) in [5.41, 5.74) is 6.70. The average Bonchev–Trinajstić information content (AvgIpc) is 3.30. The van der Waals surface area contributed by atoms with Crippen LogP contribution in [-0.4, -0.2) is 39.5 Å². The van der Waals surface area contributed by atoms with Crippen molar-refractivity contribution < 1.29 is 27.8 Å². The van der Waals surface area contributed by atoms with E-state index in [0.29, 0.717) is 58.7 Å². The molecule has 3 heterocycles. The molecular formula is C30H25F2N5O5. The molecule has 0 bridgehead atoms. The zero-order valence-corrected chi connectivity index (χ0v) is 22.6. The van der Waals surface area contributed by atoms with Crippen molar-refractivity contribution in [2.24, 2.45) is 5.73 Å². The van der Waals surface area contributed by atoms with Crippen LogP contribution in [-0.2, 0) is 6.54 Å². The molecule has 10 nitrogen and oxygen atoms in total. The summed E-state index contributed by atoms with van der Waals surface area (Å²) in [5.74, 6) is -1.58. The van der Waals surface area contributed by atoms with Crippen LogP contribution in [0.2, 0.25) is 0 Å². The smallest absolute Gasteiger partial charge is 0.284 e. The number of primary amides is 1. The number of nitrogens with two attached hydrogens (primary N) is 1. The molecular weight excluding hydrogens is 548 g/mol.